The molecule has 11 heavy (non-hydrogen) atoms. The molecule has 0 amide bonds. The van der Waals surface area contributed by atoms with Crippen LogP contribution in [0.1, 0.15) is 5.56 Å². The number of hydrogen-bond donors (Lipinski definition) is 1. The highest BCUT2D eigenvalue weighted by atomic mass is 80.0. The number of nitrogens with two attached hydrogens (primary N) is 1. The molecule has 0 saturated carbocycles. The van der Waals surface area contributed by atoms with Gasteiger partial charge in [0, 0.05) is 5.69 Å². The van der Waals surface area contributed by atoms with Crippen LogP contribution < -0.4 is 5.73 Å². The summed E-state index contributed by atoms with van der Waals surface area (Å²) < 4.78 is -0.359. The van der Waals surface area contributed by atoms with Crippen LogP contribution in [0.2, 0.25) is 0 Å². The molecular formula is C7H6Br3N. The van der Waals surface area contributed by atoms with Gasteiger partial charge in [0.05, 0.1) is 0 Å². The smallest absolute Gasteiger partial charge is 0.159 e. The molecule has 4 heteroatoms. The van der Waals surface area contributed by atoms with Gasteiger partial charge in [0.15, 0.2) is 2.14 Å². The van der Waals surface area contributed by atoms with E-state index in [1.54, 1.807) is 0 Å². The van der Waals surface area contributed by atoms with Crippen LogP contribution >= 0.6 is 47.8 Å². The van der Waals surface area contributed by atoms with Gasteiger partial charge in [0.2, 0.25) is 0 Å². The SMILES string of the molecule is Nc1cccc(C(Br)(Br)Br)c1. The summed E-state index contributed by atoms with van der Waals surface area (Å²) in [7, 11) is 0. The third-order valence-electron chi connectivity index (χ3n) is 1.21. The first-order valence-electron chi connectivity index (χ1n) is 2.93. The van der Waals surface area contributed by atoms with Crippen LogP contribution in [0, 0.1) is 0 Å². The summed E-state index contributed by atoms with van der Waals surface area (Å²) in [6.45, 7) is 0. The van der Waals surface area contributed by atoms with Gasteiger partial charge in [-0.3, -0.25) is 0 Å². The third-order valence-corrected chi connectivity index (χ3v) is 2.59. The molecule has 0 aliphatic carbocycles. The number of hydrogen-bond acceptors (Lipinski definition) is 1. The Morgan fingerprint density at radius 2 is 1.82 bits per heavy atom. The maximum atomic E-state index is 5.59. The molecule has 0 fully saturated rings. The van der Waals surface area contributed by atoms with Gasteiger partial charge in [-0.15, -0.1) is 0 Å². The quantitative estimate of drug-likeness (QED) is 0.565. The van der Waals surface area contributed by atoms with Crippen molar-refractivity contribution in [2.75, 3.05) is 5.73 Å². The number of alkyl halides is 3. The Balaban J connectivity index is 3.06. The van der Waals surface area contributed by atoms with Crippen molar-refractivity contribution in [3.8, 4) is 0 Å². The lowest BCUT2D eigenvalue weighted by Gasteiger charge is -2.12. The van der Waals surface area contributed by atoms with Crippen LogP contribution in [0.15, 0.2) is 24.3 Å². The maximum absolute atomic E-state index is 5.59. The monoisotopic (exact) mass is 341 g/mol. The zero-order valence-electron chi connectivity index (χ0n) is 5.52. The summed E-state index contributed by atoms with van der Waals surface area (Å²) in [6.07, 6.45) is 0. The number of nitrogen functional groups attached to an aromatic ring is 1. The van der Waals surface area contributed by atoms with Gasteiger partial charge in [0.25, 0.3) is 0 Å². The molecule has 0 atom stereocenters. The molecule has 0 saturated heterocycles. The summed E-state index contributed by atoms with van der Waals surface area (Å²) in [5, 5.41) is 0. The van der Waals surface area contributed by atoms with E-state index in [1.807, 2.05) is 24.3 Å². The molecule has 0 bridgehead atoms. The van der Waals surface area contributed by atoms with E-state index in [1.165, 1.54) is 0 Å². The fourth-order valence-corrected chi connectivity index (χ4v) is 1.45. The zero-order valence-corrected chi connectivity index (χ0v) is 10.3. The van der Waals surface area contributed by atoms with Gasteiger partial charge in [0.1, 0.15) is 0 Å². The Bertz CT molecular complexity index is 254. The first-order valence-corrected chi connectivity index (χ1v) is 5.31. The molecule has 0 aliphatic heterocycles. The summed E-state index contributed by atoms with van der Waals surface area (Å²) in [4.78, 5) is 0. The fraction of sp³-hybridized carbons (Fsp3) is 0.143. The topological polar surface area (TPSA) is 26.0 Å². The van der Waals surface area contributed by atoms with Crippen LogP contribution in [0.4, 0.5) is 5.69 Å². The predicted octanol–water partition coefficient (Wildman–Crippen LogP) is 3.56. The molecule has 1 aromatic carbocycles. The summed E-state index contributed by atoms with van der Waals surface area (Å²) >= 11 is 10.2. The molecule has 0 aliphatic rings. The Morgan fingerprint density at radius 1 is 1.18 bits per heavy atom. The lowest BCUT2D eigenvalue weighted by molar-refractivity contribution is 1.37. The predicted molar refractivity (Wildman–Crippen MR) is 59.3 cm³/mol. The van der Waals surface area contributed by atoms with Crippen LogP contribution in [0.3, 0.4) is 0 Å². The van der Waals surface area contributed by atoms with Crippen molar-refractivity contribution in [1.29, 1.82) is 0 Å². The van der Waals surface area contributed by atoms with Gasteiger partial charge in [-0.2, -0.15) is 0 Å². The average Bonchev–Trinajstić information content (AvgIpc) is 1.86. The van der Waals surface area contributed by atoms with Crippen molar-refractivity contribution in [2.24, 2.45) is 0 Å². The van der Waals surface area contributed by atoms with Gasteiger partial charge in [-0.25, -0.2) is 0 Å². The molecule has 60 valence electrons. The van der Waals surface area contributed by atoms with Crippen LogP contribution in [0.5, 0.6) is 0 Å². The number of halogens is 3. The van der Waals surface area contributed by atoms with E-state index >= 15 is 0 Å². The van der Waals surface area contributed by atoms with Crippen LogP contribution in [-0.2, 0) is 2.14 Å². The second-order valence-corrected chi connectivity index (χ2v) is 8.88. The number of anilines is 1. The molecule has 1 nitrogen and oxygen atoms in total. The van der Waals surface area contributed by atoms with Gasteiger partial charge >= 0.3 is 0 Å². The van der Waals surface area contributed by atoms with Gasteiger partial charge in [-0.1, -0.05) is 59.9 Å². The Kier molecular flexibility index (Phi) is 3.00. The normalized spacial score (nSPS) is 11.5. The second-order valence-electron chi connectivity index (χ2n) is 2.12. The lowest BCUT2D eigenvalue weighted by Crippen LogP contribution is -1.98. The molecule has 0 spiro atoms. The summed E-state index contributed by atoms with van der Waals surface area (Å²) in [5.41, 5.74) is 7.39. The number of rotatable bonds is 0. The highest BCUT2D eigenvalue weighted by molar-refractivity contribution is 9.38. The standard InChI is InChI=1S/C7H6Br3N/c8-7(9,10)5-2-1-3-6(11)4-5/h1-4H,11H2. The minimum Gasteiger partial charge on any atom is -0.399 e. The first-order chi connectivity index (χ1) is 5.00. The Morgan fingerprint density at radius 3 is 2.18 bits per heavy atom. The molecule has 0 radical (unpaired) electrons. The second kappa shape index (κ2) is 3.46. The van der Waals surface area contributed by atoms with Crippen LogP contribution in [0.25, 0.3) is 0 Å². The summed E-state index contributed by atoms with van der Waals surface area (Å²) in [6, 6.07) is 7.61. The Hall–Kier alpha value is 0.460. The van der Waals surface area contributed by atoms with Gasteiger partial charge in [-0.05, 0) is 17.7 Å². The van der Waals surface area contributed by atoms with Crippen LogP contribution in [-0.4, -0.2) is 0 Å². The van der Waals surface area contributed by atoms with Crippen molar-refractivity contribution < 1.29 is 0 Å². The Labute approximate surface area is 90.7 Å². The molecular weight excluding hydrogens is 338 g/mol. The van der Waals surface area contributed by atoms with E-state index in [0.29, 0.717) is 0 Å². The van der Waals surface area contributed by atoms with E-state index in [9.17, 15) is 0 Å². The van der Waals surface area contributed by atoms with Crippen molar-refractivity contribution in [1.82, 2.24) is 0 Å². The van der Waals surface area contributed by atoms with E-state index in [0.717, 1.165) is 11.3 Å². The first kappa shape index (κ1) is 9.55. The average molecular weight is 344 g/mol. The van der Waals surface area contributed by atoms with Crippen molar-refractivity contribution >= 4 is 53.5 Å². The van der Waals surface area contributed by atoms with E-state index in [2.05, 4.69) is 47.8 Å². The zero-order chi connectivity index (χ0) is 8.48. The highest BCUT2D eigenvalue weighted by Crippen LogP contribution is 2.44. The largest absolute Gasteiger partial charge is 0.399 e. The minimum absolute atomic E-state index is 0.359. The molecule has 1 rings (SSSR count). The van der Waals surface area contributed by atoms with E-state index in [4.69, 9.17) is 5.73 Å². The molecule has 2 N–H and O–H groups in total. The minimum atomic E-state index is -0.359. The molecule has 0 heterocycles. The third kappa shape index (κ3) is 2.76. The highest BCUT2D eigenvalue weighted by Gasteiger charge is 2.20. The number of benzene rings is 1. The summed E-state index contributed by atoms with van der Waals surface area (Å²) in [5.74, 6) is 0. The molecule has 1 aromatic rings. The maximum Gasteiger partial charge on any atom is 0.159 e. The fourth-order valence-electron chi connectivity index (χ4n) is 0.715. The molecule has 0 unspecified atom stereocenters. The van der Waals surface area contributed by atoms with Crippen molar-refractivity contribution in [3.63, 3.8) is 0 Å². The van der Waals surface area contributed by atoms with Crippen molar-refractivity contribution in [2.45, 2.75) is 2.14 Å². The van der Waals surface area contributed by atoms with E-state index in [-0.39, 0.29) is 2.14 Å². The lowest BCUT2D eigenvalue weighted by atomic mass is 10.2. The van der Waals surface area contributed by atoms with Crippen molar-refractivity contribution in [3.05, 3.63) is 29.8 Å². The molecule has 0 aromatic heterocycles. The van der Waals surface area contributed by atoms with Gasteiger partial charge < -0.3 is 5.73 Å². The van der Waals surface area contributed by atoms with E-state index < -0.39 is 0 Å².